The summed E-state index contributed by atoms with van der Waals surface area (Å²) in [5.41, 5.74) is 5.37. The van der Waals surface area contributed by atoms with Crippen molar-refractivity contribution >= 4 is 44.1 Å². The van der Waals surface area contributed by atoms with Crippen LogP contribution >= 0.6 is 11.3 Å². The van der Waals surface area contributed by atoms with Gasteiger partial charge in [0.15, 0.2) is 5.13 Å². The third-order valence-electron chi connectivity index (χ3n) is 6.43. The van der Waals surface area contributed by atoms with Gasteiger partial charge in [0.2, 0.25) is 0 Å². The lowest BCUT2D eigenvalue weighted by Gasteiger charge is -2.23. The summed E-state index contributed by atoms with van der Waals surface area (Å²) in [5.74, 6) is -1.24. The van der Waals surface area contributed by atoms with Gasteiger partial charge in [-0.3, -0.25) is 14.5 Å². The lowest BCUT2D eigenvalue weighted by atomic mass is 9.93. The molecule has 35 heavy (non-hydrogen) atoms. The number of rotatable bonds is 4. The van der Waals surface area contributed by atoms with Crippen LogP contribution in [0.5, 0.6) is 0 Å². The summed E-state index contributed by atoms with van der Waals surface area (Å²) in [5, 5.41) is 11.7. The lowest BCUT2D eigenvalue weighted by Crippen LogP contribution is -2.29. The van der Waals surface area contributed by atoms with Crippen LogP contribution in [0.4, 0.5) is 5.13 Å². The van der Waals surface area contributed by atoms with Crippen LogP contribution in [0.25, 0.3) is 16.0 Å². The molecule has 6 heteroatoms. The van der Waals surface area contributed by atoms with Gasteiger partial charge in [-0.05, 0) is 48.6 Å². The van der Waals surface area contributed by atoms with Crippen LogP contribution in [-0.2, 0) is 9.59 Å². The van der Waals surface area contributed by atoms with Gasteiger partial charge < -0.3 is 5.11 Å². The van der Waals surface area contributed by atoms with Crippen LogP contribution in [0.3, 0.4) is 0 Å². The van der Waals surface area contributed by atoms with Gasteiger partial charge in [-0.25, -0.2) is 4.98 Å². The summed E-state index contributed by atoms with van der Waals surface area (Å²) < 4.78 is 0.939. The fourth-order valence-electron chi connectivity index (χ4n) is 4.40. The van der Waals surface area contributed by atoms with E-state index in [0.29, 0.717) is 16.6 Å². The number of carbonyl (C=O) groups excluding carboxylic acids is 2. The van der Waals surface area contributed by atoms with E-state index in [4.69, 9.17) is 0 Å². The zero-order valence-electron chi connectivity index (χ0n) is 20.1. The number of carbonyl (C=O) groups is 2. The van der Waals surface area contributed by atoms with E-state index in [2.05, 4.69) is 18.8 Å². The first-order valence-electron chi connectivity index (χ1n) is 11.6. The predicted molar refractivity (Wildman–Crippen MR) is 141 cm³/mol. The average molecular weight is 483 g/mol. The number of fused-ring (bicyclic) bond motifs is 1. The van der Waals surface area contributed by atoms with Crippen LogP contribution < -0.4 is 4.90 Å². The third kappa shape index (κ3) is 4.04. The van der Waals surface area contributed by atoms with Gasteiger partial charge in [0.05, 0.1) is 21.8 Å². The average Bonchev–Trinajstić information content (AvgIpc) is 3.37. The molecule has 1 fully saturated rings. The maximum atomic E-state index is 13.4. The SMILES string of the molecule is Cc1ccc(C(O)=C2C(=O)C(=O)N(c3nc4ccc(C)cc4s3)[C@H]2c2ccc(C(C)C)cc2)cc1. The van der Waals surface area contributed by atoms with Gasteiger partial charge in [-0.1, -0.05) is 85.3 Å². The molecule has 0 unspecified atom stereocenters. The van der Waals surface area contributed by atoms with Crippen LogP contribution in [0.1, 0.15) is 53.6 Å². The molecular formula is C29H26N2O3S. The second-order valence-corrected chi connectivity index (χ2v) is 10.3. The van der Waals surface area contributed by atoms with Crippen molar-refractivity contribution < 1.29 is 14.7 Å². The Hall–Kier alpha value is -3.77. The van der Waals surface area contributed by atoms with Crippen LogP contribution in [0.15, 0.2) is 72.3 Å². The Kier molecular flexibility index (Phi) is 5.77. The van der Waals surface area contributed by atoms with Crippen molar-refractivity contribution in [3.8, 4) is 0 Å². The van der Waals surface area contributed by atoms with Gasteiger partial charge >= 0.3 is 5.91 Å². The predicted octanol–water partition coefficient (Wildman–Crippen LogP) is 6.66. The minimum Gasteiger partial charge on any atom is -0.507 e. The summed E-state index contributed by atoms with van der Waals surface area (Å²) in [6.45, 7) is 8.18. The minimum absolute atomic E-state index is 0.0755. The molecule has 0 saturated carbocycles. The largest absolute Gasteiger partial charge is 0.507 e. The smallest absolute Gasteiger partial charge is 0.301 e. The van der Waals surface area contributed by atoms with Gasteiger partial charge in [0.1, 0.15) is 5.76 Å². The van der Waals surface area contributed by atoms with E-state index in [0.717, 1.165) is 32.5 Å². The topological polar surface area (TPSA) is 70.5 Å². The molecule has 1 amide bonds. The van der Waals surface area contributed by atoms with Crippen LogP contribution in [0.2, 0.25) is 0 Å². The first-order chi connectivity index (χ1) is 16.7. The minimum atomic E-state index is -0.779. The van der Waals surface area contributed by atoms with Crippen molar-refractivity contribution in [2.24, 2.45) is 0 Å². The third-order valence-corrected chi connectivity index (χ3v) is 7.44. The van der Waals surface area contributed by atoms with E-state index in [-0.39, 0.29) is 11.3 Å². The number of aliphatic hydroxyl groups is 1. The Morgan fingerprint density at radius 3 is 2.26 bits per heavy atom. The normalized spacial score (nSPS) is 17.6. The summed E-state index contributed by atoms with van der Waals surface area (Å²) >= 11 is 1.37. The van der Waals surface area contributed by atoms with Gasteiger partial charge in [-0.15, -0.1) is 0 Å². The molecule has 1 aliphatic rings. The van der Waals surface area contributed by atoms with Crippen LogP contribution in [0, 0.1) is 13.8 Å². The Morgan fingerprint density at radius 1 is 0.943 bits per heavy atom. The monoisotopic (exact) mass is 482 g/mol. The van der Waals surface area contributed by atoms with Crippen molar-refractivity contribution in [3.05, 3.63) is 100 Å². The molecule has 2 heterocycles. The number of aromatic nitrogens is 1. The van der Waals surface area contributed by atoms with Crippen molar-refractivity contribution in [1.29, 1.82) is 0 Å². The number of hydrogen-bond donors (Lipinski definition) is 1. The molecule has 0 spiro atoms. The Morgan fingerprint density at radius 2 is 1.60 bits per heavy atom. The molecule has 0 radical (unpaired) electrons. The molecule has 1 aromatic heterocycles. The van der Waals surface area contributed by atoms with Crippen LogP contribution in [-0.4, -0.2) is 21.8 Å². The van der Waals surface area contributed by atoms with Crippen molar-refractivity contribution in [2.45, 2.75) is 39.7 Å². The summed E-state index contributed by atoms with van der Waals surface area (Å²) in [4.78, 5) is 32.9. The highest BCUT2D eigenvalue weighted by atomic mass is 32.1. The molecule has 1 atom stereocenters. The van der Waals surface area contributed by atoms with E-state index in [1.807, 2.05) is 68.4 Å². The first kappa shape index (κ1) is 23.0. The zero-order valence-corrected chi connectivity index (χ0v) is 20.9. The molecule has 5 nitrogen and oxygen atoms in total. The summed E-state index contributed by atoms with van der Waals surface area (Å²) in [7, 11) is 0. The van der Waals surface area contributed by atoms with Gasteiger partial charge in [-0.2, -0.15) is 0 Å². The zero-order chi connectivity index (χ0) is 24.9. The number of aryl methyl sites for hydroxylation is 2. The number of hydrogen-bond acceptors (Lipinski definition) is 5. The highest BCUT2D eigenvalue weighted by molar-refractivity contribution is 7.22. The standard InChI is InChI=1S/C29H26N2O3S/c1-16(2)19-10-12-20(13-11-19)25-24(26(32)21-8-5-17(3)6-9-21)27(33)28(34)31(25)29-30-22-14-7-18(4)15-23(22)35-29/h5-16,25,32H,1-4H3/t25-/m0/s1. The lowest BCUT2D eigenvalue weighted by molar-refractivity contribution is -0.132. The fraction of sp³-hybridized carbons (Fsp3) is 0.207. The Labute approximate surface area is 208 Å². The molecule has 0 aliphatic carbocycles. The fourth-order valence-corrected chi connectivity index (χ4v) is 5.49. The Bertz CT molecular complexity index is 1480. The highest BCUT2D eigenvalue weighted by Crippen LogP contribution is 2.44. The summed E-state index contributed by atoms with van der Waals surface area (Å²) in [6.07, 6.45) is 0. The second kappa shape index (κ2) is 8.78. The number of aliphatic hydroxyl groups excluding tert-OH is 1. The van der Waals surface area contributed by atoms with E-state index >= 15 is 0 Å². The van der Waals surface area contributed by atoms with E-state index < -0.39 is 17.7 Å². The number of ketones is 1. The molecule has 176 valence electrons. The number of Topliss-reactive ketones (excluding diaryl/α,β-unsaturated/α-hetero) is 1. The maximum Gasteiger partial charge on any atom is 0.301 e. The number of amides is 1. The molecule has 5 rings (SSSR count). The van der Waals surface area contributed by atoms with Gasteiger partial charge in [0.25, 0.3) is 5.78 Å². The van der Waals surface area contributed by atoms with E-state index in [1.54, 1.807) is 12.1 Å². The molecule has 1 saturated heterocycles. The second-order valence-electron chi connectivity index (χ2n) is 9.32. The number of anilines is 1. The van der Waals surface area contributed by atoms with Gasteiger partial charge in [0, 0.05) is 5.56 Å². The molecule has 0 bridgehead atoms. The number of nitrogens with zero attached hydrogens (tertiary/aromatic N) is 2. The van der Waals surface area contributed by atoms with Crippen molar-refractivity contribution in [2.75, 3.05) is 4.90 Å². The van der Waals surface area contributed by atoms with Crippen molar-refractivity contribution in [3.63, 3.8) is 0 Å². The maximum absolute atomic E-state index is 13.4. The van der Waals surface area contributed by atoms with Crippen molar-refractivity contribution in [1.82, 2.24) is 4.98 Å². The first-order valence-corrected chi connectivity index (χ1v) is 12.4. The number of benzene rings is 3. The quantitative estimate of drug-likeness (QED) is 0.200. The van der Waals surface area contributed by atoms with E-state index in [1.165, 1.54) is 16.2 Å². The Balaban J connectivity index is 1.71. The molecule has 4 aromatic rings. The number of thiazole rings is 1. The highest BCUT2D eigenvalue weighted by Gasteiger charge is 2.48. The molecule has 1 aliphatic heterocycles. The molecular weight excluding hydrogens is 456 g/mol. The van der Waals surface area contributed by atoms with E-state index in [9.17, 15) is 14.7 Å². The molecule has 3 aromatic carbocycles. The molecule has 1 N–H and O–H groups in total. The summed E-state index contributed by atoms with van der Waals surface area (Å²) in [6, 6.07) is 20.3.